The van der Waals surface area contributed by atoms with Gasteiger partial charge in [-0.05, 0) is 6.07 Å². The third-order valence-corrected chi connectivity index (χ3v) is 7.80. The summed E-state index contributed by atoms with van der Waals surface area (Å²) in [5, 5.41) is 25.8. The van der Waals surface area contributed by atoms with Gasteiger partial charge in [0, 0.05) is 22.8 Å². The Hall–Kier alpha value is -4.44. The Labute approximate surface area is 222 Å². The lowest BCUT2D eigenvalue weighted by Gasteiger charge is -2.49. The van der Waals surface area contributed by atoms with E-state index in [0.717, 1.165) is 17.0 Å². The summed E-state index contributed by atoms with van der Waals surface area (Å²) in [7, 11) is 0. The molecule has 3 aromatic heterocycles. The maximum absolute atomic E-state index is 13.1. The van der Waals surface area contributed by atoms with E-state index in [-0.39, 0.29) is 28.8 Å². The number of fused-ring (bicyclic) bond motifs is 2. The smallest absolute Gasteiger partial charge is 0.352 e. The summed E-state index contributed by atoms with van der Waals surface area (Å²) in [6, 6.07) is 4.62. The summed E-state index contributed by atoms with van der Waals surface area (Å²) >= 11 is 2.36. The Bertz CT molecular complexity index is 1530. The summed E-state index contributed by atoms with van der Waals surface area (Å²) in [6.07, 6.45) is 5.56. The number of nitrogens with two attached hydrogens (primary N) is 1. The molecule has 5 N–H and O–H groups in total. The van der Waals surface area contributed by atoms with Gasteiger partial charge in [-0.25, -0.2) is 23.5 Å². The van der Waals surface area contributed by atoms with Gasteiger partial charge in [0.2, 0.25) is 6.61 Å². The highest BCUT2D eigenvalue weighted by molar-refractivity contribution is 8.00. The molecule has 0 aromatic carbocycles. The first-order valence-corrected chi connectivity index (χ1v) is 13.0. The number of aliphatic carboxylic acids is 2. The fraction of sp³-hybridized carbons (Fsp3) is 0.227. The van der Waals surface area contributed by atoms with E-state index in [0.29, 0.717) is 11.3 Å². The lowest BCUT2D eigenvalue weighted by Crippen LogP contribution is -2.71. The van der Waals surface area contributed by atoms with Crippen LogP contribution >= 0.6 is 23.1 Å². The number of nitrogen functional groups attached to an aromatic ring is 1. The monoisotopic (exact) mass is 558 g/mol. The van der Waals surface area contributed by atoms with E-state index in [1.165, 1.54) is 22.0 Å². The zero-order chi connectivity index (χ0) is 27.0. The number of pyridine rings is 1. The highest BCUT2D eigenvalue weighted by Gasteiger charge is 2.54. The number of aromatic nitrogens is 3. The van der Waals surface area contributed by atoms with Crippen LogP contribution in [0.3, 0.4) is 0 Å². The summed E-state index contributed by atoms with van der Waals surface area (Å²) in [4.78, 5) is 58.9. The molecule has 0 saturated carbocycles. The number of hydrogen-bond donors (Lipinski definition) is 4. The number of imidazole rings is 1. The summed E-state index contributed by atoms with van der Waals surface area (Å²) in [5.74, 6) is -3.66. The van der Waals surface area contributed by atoms with Crippen LogP contribution < -0.4 is 15.6 Å². The zero-order valence-corrected chi connectivity index (χ0v) is 21.0. The third-order valence-electron chi connectivity index (χ3n) is 5.79. The lowest BCUT2D eigenvalue weighted by atomic mass is 10.0. The van der Waals surface area contributed by atoms with Gasteiger partial charge in [0.25, 0.3) is 17.5 Å². The summed E-state index contributed by atoms with van der Waals surface area (Å²) < 4.78 is 3.79. The highest BCUT2D eigenvalue weighted by atomic mass is 32.2. The molecule has 0 bridgehead atoms. The number of carbonyl (C=O) groups is 4. The quantitative estimate of drug-likeness (QED) is 0.115. The number of carboxylic acid groups (broad SMARTS) is 2. The van der Waals surface area contributed by atoms with Crippen LogP contribution in [0.1, 0.15) is 5.69 Å². The van der Waals surface area contributed by atoms with E-state index >= 15 is 0 Å². The zero-order valence-electron chi connectivity index (χ0n) is 19.4. The molecule has 5 heterocycles. The molecular weight excluding hydrogens is 538 g/mol. The number of thioether (sulfide) groups is 1. The van der Waals surface area contributed by atoms with Crippen LogP contribution in [0.5, 0.6) is 0 Å². The maximum atomic E-state index is 13.1. The van der Waals surface area contributed by atoms with Gasteiger partial charge < -0.3 is 26.1 Å². The molecule has 2 aliphatic rings. The number of nitrogens with one attached hydrogen (secondary N) is 1. The number of hydrogen-bond acceptors (Lipinski definition) is 10. The van der Waals surface area contributed by atoms with Gasteiger partial charge in [-0.2, -0.15) is 0 Å². The molecular formula is C22H20N7O7S2+. The molecule has 1 fully saturated rings. The summed E-state index contributed by atoms with van der Waals surface area (Å²) in [5.41, 5.74) is 6.62. The number of oxime groups is 1. The number of carboxylic acids is 2. The van der Waals surface area contributed by atoms with E-state index in [1.54, 1.807) is 0 Å². The fourth-order valence-corrected chi connectivity index (χ4v) is 6.03. The molecule has 0 aliphatic carbocycles. The molecule has 2 aliphatic heterocycles. The Balaban J connectivity index is 1.36. The molecule has 3 aromatic rings. The third kappa shape index (κ3) is 4.66. The van der Waals surface area contributed by atoms with E-state index in [4.69, 9.17) is 15.7 Å². The van der Waals surface area contributed by atoms with Gasteiger partial charge in [-0.3, -0.25) is 14.5 Å². The van der Waals surface area contributed by atoms with Crippen molar-refractivity contribution in [2.75, 3.05) is 18.1 Å². The van der Waals surface area contributed by atoms with Crippen molar-refractivity contribution in [3.05, 3.63) is 59.1 Å². The van der Waals surface area contributed by atoms with Crippen molar-refractivity contribution < 1.29 is 38.8 Å². The molecule has 5 rings (SSSR count). The number of rotatable bonds is 9. The topological polar surface area (TPSA) is 193 Å². The fourth-order valence-electron chi connectivity index (χ4n) is 4.15. The molecule has 1 saturated heterocycles. The van der Waals surface area contributed by atoms with E-state index in [9.17, 15) is 24.3 Å². The second-order valence-corrected chi connectivity index (χ2v) is 10.2. The van der Waals surface area contributed by atoms with E-state index in [1.807, 2.05) is 45.8 Å². The second-order valence-electron chi connectivity index (χ2n) is 8.19. The number of anilines is 1. The first-order chi connectivity index (χ1) is 18.2. The van der Waals surface area contributed by atoms with Gasteiger partial charge >= 0.3 is 11.9 Å². The molecule has 0 unspecified atom stereocenters. The van der Waals surface area contributed by atoms with E-state index in [2.05, 4.69) is 15.5 Å². The van der Waals surface area contributed by atoms with Crippen molar-refractivity contribution in [3.8, 4) is 0 Å². The SMILES string of the molecule is Nc1nc(/C(=N\OCC(=O)O)C(=O)N[C@@H]2C(=O)N3C(C(=O)O)=C(C[n+]4ccn5ccccc54)CS[C@H]23)cs1. The first-order valence-electron chi connectivity index (χ1n) is 11.0. The van der Waals surface area contributed by atoms with Crippen LogP contribution in [-0.2, 0) is 30.6 Å². The Morgan fingerprint density at radius 1 is 1.29 bits per heavy atom. The minimum atomic E-state index is -1.30. The van der Waals surface area contributed by atoms with E-state index < -0.39 is 41.8 Å². The van der Waals surface area contributed by atoms with Gasteiger partial charge in [0.15, 0.2) is 10.8 Å². The number of carbonyl (C=O) groups excluding carboxylic acids is 2. The number of β-lactam (4-membered cyclic amide) rings is 1. The van der Waals surface area contributed by atoms with Crippen LogP contribution in [0.15, 0.2) is 58.6 Å². The van der Waals surface area contributed by atoms with Crippen molar-refractivity contribution in [1.29, 1.82) is 0 Å². The van der Waals surface area contributed by atoms with Crippen LogP contribution in [-0.4, -0.2) is 77.7 Å². The molecule has 38 heavy (non-hydrogen) atoms. The Kier molecular flexibility index (Phi) is 6.73. The largest absolute Gasteiger partial charge is 0.479 e. The van der Waals surface area contributed by atoms with Crippen LogP contribution in [0.2, 0.25) is 0 Å². The van der Waals surface area contributed by atoms with Gasteiger partial charge in [0.1, 0.15) is 41.7 Å². The maximum Gasteiger partial charge on any atom is 0.352 e. The lowest BCUT2D eigenvalue weighted by molar-refractivity contribution is -0.662. The minimum absolute atomic E-state index is 0.0422. The standard InChI is InChI=1S/C22H19N7O7S2/c23-22-24-12(10-38-22)15(26-36-8-14(30)31)18(32)25-16-19(33)29-17(21(34)35)11(9-37-20(16)29)7-28-6-5-27-4-2-1-3-13(27)28/h1-6,10,16,20H,7-9H2,(H4-,23,24,25,30,31,32,34,35)/p+1/b26-15+/t16-,20-/m1/s1. The van der Waals surface area contributed by atoms with Crippen molar-refractivity contribution in [1.82, 2.24) is 19.6 Å². The predicted octanol–water partition coefficient (Wildman–Crippen LogP) is -0.490. The number of nitrogens with zero attached hydrogens (tertiary/aromatic N) is 5. The van der Waals surface area contributed by atoms with Gasteiger partial charge in [-0.15, -0.1) is 23.1 Å². The average Bonchev–Trinajstić information content (AvgIpc) is 3.50. The molecule has 0 radical (unpaired) electrons. The molecule has 14 nitrogen and oxygen atoms in total. The highest BCUT2D eigenvalue weighted by Crippen LogP contribution is 2.40. The van der Waals surface area contributed by atoms with Crippen LogP contribution in [0, 0.1) is 0 Å². The normalized spacial score (nSPS) is 19.2. The second kappa shape index (κ2) is 10.1. The van der Waals surface area contributed by atoms with Crippen molar-refractivity contribution in [2.45, 2.75) is 18.0 Å². The Morgan fingerprint density at radius 3 is 2.82 bits per heavy atom. The van der Waals surface area contributed by atoms with Crippen LogP contribution in [0.25, 0.3) is 5.65 Å². The molecule has 16 heteroatoms. The minimum Gasteiger partial charge on any atom is -0.479 e. The summed E-state index contributed by atoms with van der Waals surface area (Å²) in [6.45, 7) is -0.526. The molecule has 0 spiro atoms. The van der Waals surface area contributed by atoms with Gasteiger partial charge in [-0.1, -0.05) is 11.2 Å². The average molecular weight is 559 g/mol. The van der Waals surface area contributed by atoms with Crippen molar-refractivity contribution in [3.63, 3.8) is 0 Å². The first kappa shape index (κ1) is 25.2. The number of thiazole rings is 1. The van der Waals surface area contributed by atoms with Crippen molar-refractivity contribution >= 4 is 63.3 Å². The molecule has 196 valence electrons. The molecule has 2 amide bonds. The van der Waals surface area contributed by atoms with Crippen LogP contribution in [0.4, 0.5) is 5.13 Å². The molecule has 2 atom stereocenters. The Morgan fingerprint density at radius 2 is 2.11 bits per heavy atom. The van der Waals surface area contributed by atoms with Crippen molar-refractivity contribution in [2.24, 2.45) is 5.16 Å². The van der Waals surface area contributed by atoms with Gasteiger partial charge in [0.05, 0.1) is 6.20 Å². The number of amides is 2. The predicted molar refractivity (Wildman–Crippen MR) is 134 cm³/mol.